The molecule has 0 radical (unpaired) electrons. The molecule has 2 aromatic rings. The molecule has 2 aromatic carbocycles. The average molecular weight is 467 g/mol. The van der Waals surface area contributed by atoms with Crippen molar-refractivity contribution in [1.82, 2.24) is 20.8 Å². The Kier molecular flexibility index (Phi) is 5.76. The smallest absolute Gasteiger partial charge is 0.234 e. The number of aryl methyl sites for hydroxylation is 3. The van der Waals surface area contributed by atoms with Crippen LogP contribution in [0.2, 0.25) is 0 Å². The first-order valence-corrected chi connectivity index (χ1v) is 12.0. The van der Waals surface area contributed by atoms with E-state index in [1.165, 1.54) is 40.6 Å². The molecular formula is C24H27FN6OS. The summed E-state index contributed by atoms with van der Waals surface area (Å²) in [5.41, 5.74) is 12.0. The number of thioether (sulfide) groups is 1. The van der Waals surface area contributed by atoms with Crippen molar-refractivity contribution < 1.29 is 9.18 Å². The third-order valence-electron chi connectivity index (χ3n) is 6.44. The molecule has 3 aliphatic heterocycles. The molecule has 0 bridgehead atoms. The van der Waals surface area contributed by atoms with E-state index in [9.17, 15) is 9.18 Å². The highest BCUT2D eigenvalue weighted by Crippen LogP contribution is 2.35. The molecule has 3 unspecified atom stereocenters. The number of hydrogen-bond donors (Lipinski definition) is 3. The van der Waals surface area contributed by atoms with E-state index in [0.717, 1.165) is 17.2 Å². The third kappa shape index (κ3) is 4.30. The number of amidine groups is 1. The second kappa shape index (κ2) is 8.72. The predicted molar refractivity (Wildman–Crippen MR) is 130 cm³/mol. The number of fused-ring (bicyclic) bond motifs is 3. The number of carbonyl (C=O) groups is 1. The first-order valence-electron chi connectivity index (χ1n) is 11.0. The lowest BCUT2D eigenvalue weighted by atomic mass is 9.97. The standard InChI is InChI=1S/C24H27FN6OS/c1-14-4-6-17(10-16(14)3)20-12-21-23-27-28-24(30(23)8-9-31(21)29-20)33-13-22(32)26-19-11-18(25)7-5-15(19)2/h4-11,20-21,23,27,29H,12-13H2,1-3H3,(H,26,32). The molecule has 1 amide bonds. The van der Waals surface area contributed by atoms with E-state index >= 15 is 0 Å². The fourth-order valence-electron chi connectivity index (χ4n) is 4.39. The first kappa shape index (κ1) is 21.8. The van der Waals surface area contributed by atoms with Gasteiger partial charge >= 0.3 is 0 Å². The summed E-state index contributed by atoms with van der Waals surface area (Å²) in [5.74, 6) is -0.381. The summed E-state index contributed by atoms with van der Waals surface area (Å²) in [6.45, 7) is 6.11. The van der Waals surface area contributed by atoms with E-state index in [1.54, 1.807) is 6.07 Å². The summed E-state index contributed by atoms with van der Waals surface area (Å²) in [4.78, 5) is 14.5. The molecule has 0 aliphatic carbocycles. The van der Waals surface area contributed by atoms with Gasteiger partial charge in [-0.2, -0.15) is 5.10 Å². The van der Waals surface area contributed by atoms with E-state index in [2.05, 4.69) is 63.2 Å². The zero-order chi connectivity index (χ0) is 23.1. The van der Waals surface area contributed by atoms with Crippen molar-refractivity contribution in [2.45, 2.75) is 45.4 Å². The predicted octanol–water partition coefficient (Wildman–Crippen LogP) is 3.73. The van der Waals surface area contributed by atoms with E-state index in [-0.39, 0.29) is 35.7 Å². The number of rotatable bonds is 4. The summed E-state index contributed by atoms with van der Waals surface area (Å²) < 4.78 is 13.5. The lowest BCUT2D eigenvalue weighted by Gasteiger charge is -2.36. The summed E-state index contributed by atoms with van der Waals surface area (Å²) in [6.07, 6.45) is 4.95. The number of amides is 1. The van der Waals surface area contributed by atoms with Gasteiger partial charge in [-0.15, -0.1) is 0 Å². The minimum Gasteiger partial charge on any atom is -0.325 e. The van der Waals surface area contributed by atoms with Crippen molar-refractivity contribution in [2.75, 3.05) is 11.1 Å². The highest BCUT2D eigenvalue weighted by Gasteiger charge is 2.44. The van der Waals surface area contributed by atoms with Crippen LogP contribution in [0.15, 0.2) is 53.9 Å². The maximum absolute atomic E-state index is 13.5. The Morgan fingerprint density at radius 1 is 1.15 bits per heavy atom. The second-order valence-electron chi connectivity index (χ2n) is 8.71. The number of hydrazone groups is 1. The molecule has 3 heterocycles. The highest BCUT2D eigenvalue weighted by molar-refractivity contribution is 8.14. The second-order valence-corrected chi connectivity index (χ2v) is 9.65. The van der Waals surface area contributed by atoms with Crippen LogP contribution in [0.4, 0.5) is 10.1 Å². The van der Waals surface area contributed by atoms with Gasteiger partial charge in [-0.1, -0.05) is 36.0 Å². The van der Waals surface area contributed by atoms with Crippen LogP contribution >= 0.6 is 11.8 Å². The van der Waals surface area contributed by atoms with Gasteiger partial charge < -0.3 is 15.2 Å². The van der Waals surface area contributed by atoms with Gasteiger partial charge in [0.25, 0.3) is 0 Å². The van der Waals surface area contributed by atoms with Crippen LogP contribution in [0.3, 0.4) is 0 Å². The Morgan fingerprint density at radius 3 is 2.79 bits per heavy atom. The molecule has 1 saturated heterocycles. The molecule has 7 nitrogen and oxygen atoms in total. The van der Waals surface area contributed by atoms with Gasteiger partial charge in [0.05, 0.1) is 17.8 Å². The summed E-state index contributed by atoms with van der Waals surface area (Å²) in [6, 6.07) is 11.4. The topological polar surface area (TPSA) is 72.0 Å². The number of benzene rings is 2. The van der Waals surface area contributed by atoms with Crippen molar-refractivity contribution >= 4 is 28.5 Å². The number of halogens is 1. The van der Waals surface area contributed by atoms with Crippen molar-refractivity contribution in [3.8, 4) is 0 Å². The van der Waals surface area contributed by atoms with Gasteiger partial charge in [-0.25, -0.2) is 9.82 Å². The van der Waals surface area contributed by atoms with Crippen molar-refractivity contribution in [3.05, 3.63) is 76.9 Å². The number of hydrogen-bond acceptors (Lipinski definition) is 7. The molecule has 9 heteroatoms. The third-order valence-corrected chi connectivity index (χ3v) is 7.41. The first-order chi connectivity index (χ1) is 15.9. The molecule has 33 heavy (non-hydrogen) atoms. The quantitative estimate of drug-likeness (QED) is 0.638. The van der Waals surface area contributed by atoms with Crippen LogP contribution in [0, 0.1) is 26.6 Å². The van der Waals surface area contributed by atoms with E-state index in [0.29, 0.717) is 5.69 Å². The Morgan fingerprint density at radius 2 is 1.97 bits per heavy atom. The fraction of sp³-hybridized carbons (Fsp3) is 0.333. The normalized spacial score (nSPS) is 23.2. The molecule has 0 saturated carbocycles. The van der Waals surface area contributed by atoms with Crippen molar-refractivity contribution in [1.29, 1.82) is 0 Å². The lowest BCUT2D eigenvalue weighted by molar-refractivity contribution is -0.113. The van der Waals surface area contributed by atoms with Crippen LogP contribution in [-0.2, 0) is 4.79 Å². The molecule has 3 aliphatic rings. The Bertz CT molecular complexity index is 1150. The minimum absolute atomic E-state index is 0.00456. The zero-order valence-electron chi connectivity index (χ0n) is 18.8. The maximum Gasteiger partial charge on any atom is 0.234 e. The average Bonchev–Trinajstić information content (AvgIpc) is 3.40. The summed E-state index contributed by atoms with van der Waals surface area (Å²) in [5, 5.41) is 10.2. The van der Waals surface area contributed by atoms with Gasteiger partial charge in [-0.3, -0.25) is 10.2 Å². The van der Waals surface area contributed by atoms with E-state index in [4.69, 9.17) is 0 Å². The minimum atomic E-state index is -0.372. The largest absolute Gasteiger partial charge is 0.325 e. The number of nitrogens with zero attached hydrogens (tertiary/aromatic N) is 3. The zero-order valence-corrected chi connectivity index (χ0v) is 19.6. The number of hydrazine groups is 1. The summed E-state index contributed by atoms with van der Waals surface area (Å²) >= 11 is 1.36. The van der Waals surface area contributed by atoms with E-state index < -0.39 is 0 Å². The molecule has 3 atom stereocenters. The lowest BCUT2D eigenvalue weighted by Crippen LogP contribution is -2.54. The Labute approximate surface area is 197 Å². The van der Waals surface area contributed by atoms with Crippen LogP contribution in [0.25, 0.3) is 0 Å². The van der Waals surface area contributed by atoms with Crippen LogP contribution in [0.1, 0.15) is 34.7 Å². The number of nitrogens with one attached hydrogen (secondary N) is 3. The molecule has 1 fully saturated rings. The van der Waals surface area contributed by atoms with Crippen molar-refractivity contribution in [3.63, 3.8) is 0 Å². The van der Waals surface area contributed by atoms with Gasteiger partial charge in [-0.05, 0) is 61.6 Å². The van der Waals surface area contributed by atoms with Gasteiger partial charge in [0.2, 0.25) is 5.91 Å². The van der Waals surface area contributed by atoms with Crippen LogP contribution in [0.5, 0.6) is 0 Å². The Hall–Kier alpha value is -3.04. The van der Waals surface area contributed by atoms with Gasteiger partial charge in [0, 0.05) is 18.1 Å². The molecule has 3 N–H and O–H groups in total. The molecular weight excluding hydrogens is 439 g/mol. The van der Waals surface area contributed by atoms with Crippen LogP contribution < -0.4 is 16.2 Å². The molecule has 172 valence electrons. The molecule has 0 spiro atoms. The van der Waals surface area contributed by atoms with Crippen molar-refractivity contribution in [2.24, 2.45) is 5.10 Å². The van der Waals surface area contributed by atoms with Gasteiger partial charge in [0.1, 0.15) is 12.0 Å². The maximum atomic E-state index is 13.5. The molecule has 5 rings (SSSR count). The summed E-state index contributed by atoms with van der Waals surface area (Å²) in [7, 11) is 0. The molecule has 0 aromatic heterocycles. The number of carbonyl (C=O) groups excluding carboxylic acids is 1. The van der Waals surface area contributed by atoms with Crippen LogP contribution in [-0.4, -0.2) is 38.9 Å². The number of anilines is 1. The SMILES string of the molecule is Cc1ccc(C2CC3C4NN=C(SCC(=O)Nc5cc(F)ccc5C)N4C=CN3N2)cc1C. The van der Waals surface area contributed by atoms with E-state index in [1.807, 2.05) is 19.3 Å². The monoisotopic (exact) mass is 466 g/mol. The fourth-order valence-corrected chi connectivity index (χ4v) is 5.17. The highest BCUT2D eigenvalue weighted by atomic mass is 32.2. The van der Waals surface area contributed by atoms with Gasteiger partial charge in [0.15, 0.2) is 5.17 Å². The Balaban J connectivity index is 1.20.